The number of anilines is 2. The molecule has 0 aromatic heterocycles. The highest BCUT2D eigenvalue weighted by atomic mass is 35.5. The summed E-state index contributed by atoms with van der Waals surface area (Å²) in [7, 11) is 0. The molecular weight excluding hydrogens is 369 g/mol. The highest BCUT2D eigenvalue weighted by Crippen LogP contribution is 2.32. The number of amides is 1. The smallest absolute Gasteiger partial charge is 0.227 e. The molecule has 2 aliphatic heterocycles. The number of rotatable bonds is 3. The zero-order valence-electron chi connectivity index (χ0n) is 13.7. The van der Waals surface area contributed by atoms with Crippen molar-refractivity contribution in [3.63, 3.8) is 0 Å². The number of benzene rings is 1. The van der Waals surface area contributed by atoms with Gasteiger partial charge in [-0.25, -0.2) is 0 Å². The minimum absolute atomic E-state index is 0. The quantitative estimate of drug-likeness (QED) is 0.811. The number of hydrogen-bond donors (Lipinski definition) is 2. The predicted molar refractivity (Wildman–Crippen MR) is 106 cm³/mol. The Morgan fingerprint density at radius 1 is 1.12 bits per heavy atom. The van der Waals surface area contributed by atoms with Crippen molar-refractivity contribution < 1.29 is 4.79 Å². The molecule has 3 rings (SSSR count). The summed E-state index contributed by atoms with van der Waals surface area (Å²) in [6.07, 6.45) is 5.53. The van der Waals surface area contributed by atoms with Gasteiger partial charge in [-0.1, -0.05) is 11.6 Å². The van der Waals surface area contributed by atoms with Crippen molar-refractivity contribution in [1.29, 1.82) is 0 Å². The van der Waals surface area contributed by atoms with Gasteiger partial charge in [-0.05, 0) is 63.4 Å². The van der Waals surface area contributed by atoms with Crippen LogP contribution in [0.1, 0.15) is 32.1 Å². The van der Waals surface area contributed by atoms with E-state index in [1.807, 2.05) is 18.2 Å². The van der Waals surface area contributed by atoms with Gasteiger partial charge >= 0.3 is 0 Å². The first kappa shape index (κ1) is 21.4. The van der Waals surface area contributed by atoms with Crippen LogP contribution in [0.4, 0.5) is 11.4 Å². The molecule has 0 aliphatic carbocycles. The summed E-state index contributed by atoms with van der Waals surface area (Å²) in [5, 5.41) is 7.09. The first-order valence-corrected chi connectivity index (χ1v) is 8.68. The van der Waals surface area contributed by atoms with Crippen LogP contribution < -0.4 is 15.5 Å². The van der Waals surface area contributed by atoms with Gasteiger partial charge in [-0.2, -0.15) is 0 Å². The van der Waals surface area contributed by atoms with Crippen molar-refractivity contribution in [2.24, 2.45) is 5.92 Å². The summed E-state index contributed by atoms with van der Waals surface area (Å²) in [5.74, 6) is 0.233. The van der Waals surface area contributed by atoms with Gasteiger partial charge in [-0.15, -0.1) is 24.8 Å². The van der Waals surface area contributed by atoms with E-state index in [9.17, 15) is 4.79 Å². The molecule has 24 heavy (non-hydrogen) atoms. The van der Waals surface area contributed by atoms with Gasteiger partial charge in [0.2, 0.25) is 5.91 Å². The SMILES string of the molecule is Cl.Cl.O=C(Nc1cc(Cl)ccc1N1CCCCC1)C1CCNCC1. The molecule has 0 bridgehead atoms. The zero-order valence-corrected chi connectivity index (χ0v) is 16.1. The number of hydrogen-bond acceptors (Lipinski definition) is 3. The van der Waals surface area contributed by atoms with Crippen molar-refractivity contribution >= 4 is 53.7 Å². The van der Waals surface area contributed by atoms with Crippen molar-refractivity contribution in [2.45, 2.75) is 32.1 Å². The second-order valence-corrected chi connectivity index (χ2v) is 6.66. The maximum absolute atomic E-state index is 12.5. The number of nitrogens with zero attached hydrogens (tertiary/aromatic N) is 1. The van der Waals surface area contributed by atoms with Crippen molar-refractivity contribution in [2.75, 3.05) is 36.4 Å². The van der Waals surface area contributed by atoms with Crippen LogP contribution >= 0.6 is 36.4 Å². The van der Waals surface area contributed by atoms with Gasteiger partial charge in [0.05, 0.1) is 11.4 Å². The lowest BCUT2D eigenvalue weighted by Crippen LogP contribution is -2.35. The van der Waals surface area contributed by atoms with Crippen LogP contribution in [-0.2, 0) is 4.79 Å². The standard InChI is InChI=1S/C17H24ClN3O.2ClH/c18-14-4-5-16(21-10-2-1-3-11-21)15(12-14)20-17(22)13-6-8-19-9-7-13;;/h4-5,12-13,19H,1-3,6-11H2,(H,20,22);2*1H. The number of carbonyl (C=O) groups excluding carboxylic acids is 1. The molecule has 2 fully saturated rings. The Morgan fingerprint density at radius 2 is 1.79 bits per heavy atom. The van der Waals surface area contributed by atoms with E-state index < -0.39 is 0 Å². The molecule has 2 heterocycles. The Labute approximate surface area is 161 Å². The average Bonchev–Trinajstić information content (AvgIpc) is 2.56. The molecule has 1 aromatic carbocycles. The first-order valence-electron chi connectivity index (χ1n) is 8.30. The maximum Gasteiger partial charge on any atom is 0.227 e. The van der Waals surface area contributed by atoms with E-state index >= 15 is 0 Å². The van der Waals surface area contributed by atoms with E-state index in [1.54, 1.807) is 0 Å². The molecule has 4 nitrogen and oxygen atoms in total. The molecule has 0 saturated carbocycles. The molecule has 1 amide bonds. The Bertz CT molecular complexity index is 530. The molecular formula is C17H26Cl3N3O. The van der Waals surface area contributed by atoms with Gasteiger partial charge < -0.3 is 15.5 Å². The number of carbonyl (C=O) groups is 1. The molecule has 0 atom stereocenters. The first-order chi connectivity index (χ1) is 10.7. The van der Waals surface area contributed by atoms with Gasteiger partial charge in [0, 0.05) is 24.0 Å². The van der Waals surface area contributed by atoms with Crippen LogP contribution in [0.5, 0.6) is 0 Å². The molecule has 0 unspecified atom stereocenters. The molecule has 7 heteroatoms. The molecule has 2 saturated heterocycles. The fraction of sp³-hybridized carbons (Fsp3) is 0.588. The Kier molecular flexibility index (Phi) is 9.21. The molecule has 1 aromatic rings. The Balaban J connectivity index is 0.00000144. The Morgan fingerprint density at radius 3 is 2.46 bits per heavy atom. The fourth-order valence-corrected chi connectivity index (χ4v) is 3.51. The van der Waals surface area contributed by atoms with E-state index in [0.717, 1.165) is 50.4 Å². The van der Waals surface area contributed by atoms with Gasteiger partial charge in [0.15, 0.2) is 0 Å². The molecule has 2 N–H and O–H groups in total. The molecule has 0 spiro atoms. The summed E-state index contributed by atoms with van der Waals surface area (Å²) in [5.41, 5.74) is 1.96. The molecule has 0 radical (unpaired) electrons. The molecule has 2 aliphatic rings. The summed E-state index contributed by atoms with van der Waals surface area (Å²) < 4.78 is 0. The third-order valence-corrected chi connectivity index (χ3v) is 4.86. The Hall–Kier alpha value is -0.680. The second-order valence-electron chi connectivity index (χ2n) is 6.22. The van der Waals surface area contributed by atoms with Crippen molar-refractivity contribution in [3.05, 3.63) is 23.2 Å². The highest BCUT2D eigenvalue weighted by molar-refractivity contribution is 6.31. The van der Waals surface area contributed by atoms with Gasteiger partial charge in [-0.3, -0.25) is 4.79 Å². The summed E-state index contributed by atoms with van der Waals surface area (Å²) in [4.78, 5) is 14.9. The topological polar surface area (TPSA) is 44.4 Å². The van der Waals surface area contributed by atoms with E-state index in [0.29, 0.717) is 5.02 Å². The third-order valence-electron chi connectivity index (χ3n) is 4.62. The van der Waals surface area contributed by atoms with Gasteiger partial charge in [0.1, 0.15) is 0 Å². The van der Waals surface area contributed by atoms with E-state index in [-0.39, 0.29) is 36.6 Å². The van der Waals surface area contributed by atoms with E-state index in [2.05, 4.69) is 15.5 Å². The lowest BCUT2D eigenvalue weighted by molar-refractivity contribution is -0.120. The summed E-state index contributed by atoms with van der Waals surface area (Å²) >= 11 is 6.15. The lowest BCUT2D eigenvalue weighted by Gasteiger charge is -2.31. The lowest BCUT2D eigenvalue weighted by atomic mass is 9.97. The number of nitrogens with one attached hydrogen (secondary N) is 2. The second kappa shape index (κ2) is 10.3. The van der Waals surface area contributed by atoms with Gasteiger partial charge in [0.25, 0.3) is 0 Å². The van der Waals surface area contributed by atoms with Crippen LogP contribution in [0.3, 0.4) is 0 Å². The van der Waals surface area contributed by atoms with Crippen LogP contribution in [-0.4, -0.2) is 32.1 Å². The van der Waals surface area contributed by atoms with Crippen LogP contribution in [0, 0.1) is 5.92 Å². The summed E-state index contributed by atoms with van der Waals surface area (Å²) in [6.45, 7) is 3.95. The minimum Gasteiger partial charge on any atom is -0.370 e. The highest BCUT2D eigenvalue weighted by Gasteiger charge is 2.23. The molecule has 136 valence electrons. The normalized spacial score (nSPS) is 18.3. The van der Waals surface area contributed by atoms with Crippen LogP contribution in [0.2, 0.25) is 5.02 Å². The predicted octanol–water partition coefficient (Wildman–Crippen LogP) is 4.11. The minimum atomic E-state index is 0. The van der Waals surface area contributed by atoms with E-state index in [1.165, 1.54) is 19.3 Å². The monoisotopic (exact) mass is 393 g/mol. The van der Waals surface area contributed by atoms with Crippen LogP contribution in [0.25, 0.3) is 0 Å². The number of halogens is 3. The number of piperidine rings is 2. The summed E-state index contributed by atoms with van der Waals surface area (Å²) in [6, 6.07) is 5.82. The average molecular weight is 395 g/mol. The van der Waals surface area contributed by atoms with Crippen molar-refractivity contribution in [3.8, 4) is 0 Å². The van der Waals surface area contributed by atoms with Crippen molar-refractivity contribution in [1.82, 2.24) is 5.32 Å². The van der Waals surface area contributed by atoms with E-state index in [4.69, 9.17) is 11.6 Å². The zero-order chi connectivity index (χ0) is 15.4. The maximum atomic E-state index is 12.5. The van der Waals surface area contributed by atoms with Crippen LogP contribution in [0.15, 0.2) is 18.2 Å². The third kappa shape index (κ3) is 5.41. The largest absolute Gasteiger partial charge is 0.370 e. The fourth-order valence-electron chi connectivity index (χ4n) is 3.34.